The zero-order valence-electron chi connectivity index (χ0n) is 13.5. The maximum atomic E-state index is 6.11. The van der Waals surface area contributed by atoms with E-state index in [4.69, 9.17) is 15.5 Å². The van der Waals surface area contributed by atoms with Gasteiger partial charge < -0.3 is 19.9 Å². The predicted molar refractivity (Wildman–Crippen MR) is 86.9 cm³/mol. The fourth-order valence-electron chi connectivity index (χ4n) is 3.06. The van der Waals surface area contributed by atoms with Gasteiger partial charge in [0.15, 0.2) is 11.5 Å². The van der Waals surface area contributed by atoms with Gasteiger partial charge in [-0.2, -0.15) is 9.97 Å². The summed E-state index contributed by atoms with van der Waals surface area (Å²) in [6.45, 7) is 9.60. The van der Waals surface area contributed by atoms with Gasteiger partial charge in [0.25, 0.3) is 0 Å². The summed E-state index contributed by atoms with van der Waals surface area (Å²) in [7, 11) is 0. The number of rotatable bonds is 4. The average Bonchev–Trinajstić information content (AvgIpc) is 2.93. The largest absolute Gasteiger partial charge is 0.382 e. The second-order valence-corrected chi connectivity index (χ2v) is 6.05. The highest BCUT2D eigenvalue weighted by atomic mass is 16.5. The van der Waals surface area contributed by atoms with Gasteiger partial charge in [0.1, 0.15) is 5.52 Å². The molecule has 0 bridgehead atoms. The Morgan fingerprint density at radius 1 is 1.27 bits per heavy atom. The molecule has 1 atom stereocenters. The molecule has 3 rings (SSSR count). The van der Waals surface area contributed by atoms with Crippen molar-refractivity contribution in [2.45, 2.75) is 33.2 Å². The van der Waals surface area contributed by atoms with E-state index in [0.29, 0.717) is 42.5 Å². The number of ether oxygens (including phenoxy) is 1. The van der Waals surface area contributed by atoms with E-state index in [-0.39, 0.29) is 0 Å². The lowest BCUT2D eigenvalue weighted by Gasteiger charge is -2.27. The van der Waals surface area contributed by atoms with Crippen molar-refractivity contribution in [2.24, 2.45) is 5.92 Å². The normalized spacial score (nSPS) is 17.4. The highest BCUT2D eigenvalue weighted by molar-refractivity contribution is 5.83. The van der Waals surface area contributed by atoms with Crippen molar-refractivity contribution in [1.82, 2.24) is 19.5 Å². The topological polar surface area (TPSA) is 82.1 Å². The third kappa shape index (κ3) is 2.61. The SMILES string of the molecule is CCC(C(C)C)n1cnc2c(N)nc(N3CCOCC3)nc21. The summed E-state index contributed by atoms with van der Waals surface area (Å²) in [6.07, 6.45) is 2.87. The summed E-state index contributed by atoms with van der Waals surface area (Å²) in [6, 6.07) is 0.358. The highest BCUT2D eigenvalue weighted by Gasteiger charge is 2.21. The Bertz CT molecular complexity index is 647. The first kappa shape index (κ1) is 15.0. The minimum atomic E-state index is 0.358. The van der Waals surface area contributed by atoms with Crippen LogP contribution in [0.3, 0.4) is 0 Å². The van der Waals surface area contributed by atoms with Crippen LogP contribution in [0.5, 0.6) is 0 Å². The maximum absolute atomic E-state index is 6.11. The smallest absolute Gasteiger partial charge is 0.229 e. The van der Waals surface area contributed by atoms with E-state index in [9.17, 15) is 0 Å². The van der Waals surface area contributed by atoms with Crippen LogP contribution in [-0.4, -0.2) is 45.8 Å². The van der Waals surface area contributed by atoms with Crippen molar-refractivity contribution in [3.63, 3.8) is 0 Å². The molecule has 3 heterocycles. The molecule has 0 aromatic carbocycles. The van der Waals surface area contributed by atoms with Gasteiger partial charge in [-0.3, -0.25) is 0 Å². The number of imidazole rings is 1. The summed E-state index contributed by atoms with van der Waals surface area (Å²) in [5.74, 6) is 1.63. The molecule has 120 valence electrons. The van der Waals surface area contributed by atoms with E-state index in [1.807, 2.05) is 6.33 Å². The summed E-state index contributed by atoms with van der Waals surface area (Å²) < 4.78 is 7.53. The van der Waals surface area contributed by atoms with Crippen LogP contribution in [0.2, 0.25) is 0 Å². The third-order valence-electron chi connectivity index (χ3n) is 4.28. The van der Waals surface area contributed by atoms with Crippen LogP contribution < -0.4 is 10.6 Å². The zero-order chi connectivity index (χ0) is 15.7. The van der Waals surface area contributed by atoms with E-state index in [1.165, 1.54) is 0 Å². The fourth-order valence-corrected chi connectivity index (χ4v) is 3.06. The van der Waals surface area contributed by atoms with E-state index in [1.54, 1.807) is 0 Å². The predicted octanol–water partition coefficient (Wildman–Crippen LogP) is 1.85. The summed E-state index contributed by atoms with van der Waals surface area (Å²) in [4.78, 5) is 15.7. The number of aromatic nitrogens is 4. The lowest BCUT2D eigenvalue weighted by Crippen LogP contribution is -2.37. The van der Waals surface area contributed by atoms with Crippen molar-refractivity contribution < 1.29 is 4.74 Å². The van der Waals surface area contributed by atoms with E-state index < -0.39 is 0 Å². The number of morpholine rings is 1. The minimum Gasteiger partial charge on any atom is -0.382 e. The zero-order valence-corrected chi connectivity index (χ0v) is 13.5. The van der Waals surface area contributed by atoms with Gasteiger partial charge in [0, 0.05) is 19.1 Å². The fraction of sp³-hybridized carbons (Fsp3) is 0.667. The van der Waals surface area contributed by atoms with Gasteiger partial charge >= 0.3 is 0 Å². The molecule has 2 aromatic heterocycles. The summed E-state index contributed by atoms with van der Waals surface area (Å²) >= 11 is 0. The van der Waals surface area contributed by atoms with Crippen LogP contribution in [0.4, 0.5) is 11.8 Å². The number of nitrogens with two attached hydrogens (primary N) is 1. The molecule has 0 spiro atoms. The quantitative estimate of drug-likeness (QED) is 0.928. The molecular formula is C15H24N6O. The van der Waals surface area contributed by atoms with E-state index >= 15 is 0 Å². The van der Waals surface area contributed by atoms with Gasteiger partial charge in [-0.05, 0) is 12.3 Å². The molecule has 0 aliphatic carbocycles. The molecule has 0 radical (unpaired) electrons. The van der Waals surface area contributed by atoms with E-state index in [0.717, 1.165) is 25.2 Å². The molecule has 1 unspecified atom stereocenters. The molecule has 1 aliphatic rings. The van der Waals surface area contributed by atoms with Crippen LogP contribution in [-0.2, 0) is 4.74 Å². The highest BCUT2D eigenvalue weighted by Crippen LogP contribution is 2.28. The van der Waals surface area contributed by atoms with Gasteiger partial charge in [-0.15, -0.1) is 0 Å². The van der Waals surface area contributed by atoms with Crippen molar-refractivity contribution in [3.05, 3.63) is 6.33 Å². The second kappa shape index (κ2) is 6.08. The molecule has 1 fully saturated rings. The molecule has 1 saturated heterocycles. The number of fused-ring (bicyclic) bond motifs is 1. The van der Waals surface area contributed by atoms with E-state index in [2.05, 4.69) is 40.2 Å². The molecule has 22 heavy (non-hydrogen) atoms. The first-order valence-electron chi connectivity index (χ1n) is 7.94. The van der Waals surface area contributed by atoms with Gasteiger partial charge in [-0.25, -0.2) is 4.98 Å². The van der Waals surface area contributed by atoms with Crippen LogP contribution in [0, 0.1) is 5.92 Å². The van der Waals surface area contributed by atoms with Crippen molar-refractivity contribution in [1.29, 1.82) is 0 Å². The molecular weight excluding hydrogens is 280 g/mol. The average molecular weight is 304 g/mol. The molecule has 1 aliphatic heterocycles. The van der Waals surface area contributed by atoms with Gasteiger partial charge in [-0.1, -0.05) is 20.8 Å². The first-order valence-corrected chi connectivity index (χ1v) is 7.94. The van der Waals surface area contributed by atoms with Crippen LogP contribution in [0.15, 0.2) is 6.33 Å². The van der Waals surface area contributed by atoms with Gasteiger partial charge in [0.2, 0.25) is 5.95 Å². The molecule has 7 heteroatoms. The molecule has 0 saturated carbocycles. The third-order valence-corrected chi connectivity index (χ3v) is 4.28. The lowest BCUT2D eigenvalue weighted by molar-refractivity contribution is 0.122. The summed E-state index contributed by atoms with van der Waals surface area (Å²) in [5.41, 5.74) is 7.63. The van der Waals surface area contributed by atoms with Crippen LogP contribution in [0.1, 0.15) is 33.2 Å². The first-order chi connectivity index (χ1) is 10.6. The van der Waals surface area contributed by atoms with Crippen molar-refractivity contribution in [2.75, 3.05) is 36.9 Å². The Kier molecular flexibility index (Phi) is 4.15. The number of nitrogens with zero attached hydrogens (tertiary/aromatic N) is 5. The molecule has 0 amide bonds. The number of hydrogen-bond acceptors (Lipinski definition) is 6. The number of anilines is 2. The second-order valence-electron chi connectivity index (χ2n) is 6.05. The standard InChI is InChI=1S/C15H24N6O/c1-4-11(10(2)3)21-9-17-12-13(16)18-15(19-14(12)21)20-5-7-22-8-6-20/h9-11H,4-8H2,1-3H3,(H2,16,18,19). The van der Waals surface area contributed by atoms with Crippen molar-refractivity contribution in [3.8, 4) is 0 Å². The van der Waals surface area contributed by atoms with Crippen LogP contribution in [0.25, 0.3) is 11.2 Å². The monoisotopic (exact) mass is 304 g/mol. The number of hydrogen-bond donors (Lipinski definition) is 1. The minimum absolute atomic E-state index is 0.358. The Labute approximate surface area is 130 Å². The number of nitrogen functional groups attached to an aromatic ring is 1. The molecule has 2 N–H and O–H groups in total. The van der Waals surface area contributed by atoms with Crippen molar-refractivity contribution >= 4 is 22.9 Å². The Hall–Kier alpha value is -1.89. The summed E-state index contributed by atoms with van der Waals surface area (Å²) in [5, 5.41) is 0. The Morgan fingerprint density at radius 3 is 2.64 bits per heavy atom. The van der Waals surface area contributed by atoms with Crippen LogP contribution >= 0.6 is 0 Å². The molecule has 7 nitrogen and oxygen atoms in total. The Balaban J connectivity index is 2.06. The Morgan fingerprint density at radius 2 is 2.00 bits per heavy atom. The van der Waals surface area contributed by atoms with Gasteiger partial charge in [0.05, 0.1) is 19.5 Å². The molecule has 2 aromatic rings. The maximum Gasteiger partial charge on any atom is 0.229 e. The lowest BCUT2D eigenvalue weighted by atomic mass is 10.0.